The van der Waals surface area contributed by atoms with Gasteiger partial charge in [0.2, 0.25) is 11.8 Å². The van der Waals surface area contributed by atoms with Crippen LogP contribution in [-0.2, 0) is 19.1 Å². The fraction of sp³-hybridized carbons (Fsp3) is 0.524. The van der Waals surface area contributed by atoms with Gasteiger partial charge in [-0.3, -0.25) is 24.1 Å². The molecule has 27 heavy (non-hydrogen) atoms. The maximum atomic E-state index is 12.6. The molecule has 142 valence electrons. The van der Waals surface area contributed by atoms with E-state index >= 15 is 0 Å². The molecule has 4 rings (SSSR count). The molecule has 6 heteroatoms. The summed E-state index contributed by atoms with van der Waals surface area (Å²) in [6.07, 6.45) is 2.94. The average molecular weight is 369 g/mol. The molecule has 2 saturated carbocycles. The summed E-state index contributed by atoms with van der Waals surface area (Å²) in [6, 6.07) is 5.30. The quantitative estimate of drug-likeness (QED) is 0.451. The lowest BCUT2D eigenvalue weighted by Crippen LogP contribution is -2.38. The number of Topliss-reactive ketones (excluding diaryl/α,β-unsaturated/α-hetero) is 1. The number of ether oxygens (including phenoxy) is 1. The number of amides is 2. The third kappa shape index (κ3) is 2.97. The summed E-state index contributed by atoms with van der Waals surface area (Å²) >= 11 is 0. The molecule has 0 spiro atoms. The third-order valence-corrected chi connectivity index (χ3v) is 6.50. The number of aryl methyl sites for hydroxylation is 2. The molecule has 0 aromatic heterocycles. The Hall–Kier alpha value is -2.50. The van der Waals surface area contributed by atoms with Crippen molar-refractivity contribution in [1.82, 2.24) is 4.90 Å². The zero-order valence-corrected chi connectivity index (χ0v) is 15.6. The molecule has 1 aromatic rings. The minimum atomic E-state index is -0.721. The first-order chi connectivity index (χ1) is 12.9. The molecule has 2 bridgehead atoms. The lowest BCUT2D eigenvalue weighted by molar-refractivity contribution is -0.152. The van der Waals surface area contributed by atoms with Crippen molar-refractivity contribution in [3.8, 4) is 0 Å². The molecule has 4 atom stereocenters. The number of ketones is 1. The topological polar surface area (TPSA) is 80.8 Å². The highest BCUT2D eigenvalue weighted by atomic mass is 16.5. The van der Waals surface area contributed by atoms with Crippen LogP contribution in [0.25, 0.3) is 0 Å². The van der Waals surface area contributed by atoms with Crippen LogP contribution in [0.1, 0.15) is 40.7 Å². The number of esters is 1. The standard InChI is InChI=1S/C21H23NO5/c1-11-3-4-13(7-12(11)2)16(23)10-27-17(24)9-22-20(25)18-14-5-6-15(8-14)19(18)21(22)26/h3-4,7,14-15,18-19H,5-6,8-10H2,1-2H3/t14-,15-,18-,19-/m0/s1. The zero-order chi connectivity index (χ0) is 19.3. The van der Waals surface area contributed by atoms with Gasteiger partial charge in [-0.1, -0.05) is 12.1 Å². The Morgan fingerprint density at radius 1 is 1.04 bits per heavy atom. The van der Waals surface area contributed by atoms with Crippen molar-refractivity contribution in [1.29, 1.82) is 0 Å². The van der Waals surface area contributed by atoms with Crippen molar-refractivity contribution in [2.75, 3.05) is 13.2 Å². The third-order valence-electron chi connectivity index (χ3n) is 6.50. The summed E-state index contributed by atoms with van der Waals surface area (Å²) in [4.78, 5) is 50.5. The summed E-state index contributed by atoms with van der Waals surface area (Å²) in [7, 11) is 0. The van der Waals surface area contributed by atoms with Gasteiger partial charge in [0, 0.05) is 5.56 Å². The van der Waals surface area contributed by atoms with E-state index in [0.29, 0.717) is 5.56 Å². The monoisotopic (exact) mass is 369 g/mol. The van der Waals surface area contributed by atoms with Gasteiger partial charge in [0.25, 0.3) is 0 Å². The van der Waals surface area contributed by atoms with Gasteiger partial charge >= 0.3 is 5.97 Å². The fourth-order valence-electron chi connectivity index (χ4n) is 4.95. The van der Waals surface area contributed by atoms with Gasteiger partial charge in [-0.25, -0.2) is 0 Å². The number of likely N-dealkylation sites (tertiary alicyclic amines) is 1. The molecule has 1 aliphatic heterocycles. The number of carbonyl (C=O) groups is 4. The maximum Gasteiger partial charge on any atom is 0.326 e. The molecule has 0 N–H and O–H groups in total. The Balaban J connectivity index is 1.34. The van der Waals surface area contributed by atoms with Crippen LogP contribution in [0.2, 0.25) is 0 Å². The van der Waals surface area contributed by atoms with Gasteiger partial charge in [-0.05, 0) is 62.1 Å². The van der Waals surface area contributed by atoms with E-state index in [9.17, 15) is 19.2 Å². The van der Waals surface area contributed by atoms with Crippen LogP contribution in [0.5, 0.6) is 0 Å². The van der Waals surface area contributed by atoms with Crippen LogP contribution < -0.4 is 0 Å². The van der Waals surface area contributed by atoms with E-state index in [0.717, 1.165) is 35.3 Å². The molecule has 1 aromatic carbocycles. The first kappa shape index (κ1) is 17.9. The number of imide groups is 1. The summed E-state index contributed by atoms with van der Waals surface area (Å²) in [5, 5.41) is 0. The van der Waals surface area contributed by atoms with E-state index in [1.54, 1.807) is 12.1 Å². The van der Waals surface area contributed by atoms with Crippen LogP contribution in [0.15, 0.2) is 18.2 Å². The van der Waals surface area contributed by atoms with Crippen LogP contribution >= 0.6 is 0 Å². The summed E-state index contributed by atoms with van der Waals surface area (Å²) < 4.78 is 5.04. The van der Waals surface area contributed by atoms with Gasteiger partial charge in [0.15, 0.2) is 12.4 Å². The Morgan fingerprint density at radius 2 is 1.67 bits per heavy atom. The molecular formula is C21H23NO5. The van der Waals surface area contributed by atoms with Gasteiger partial charge in [-0.2, -0.15) is 0 Å². The lowest BCUT2D eigenvalue weighted by atomic mass is 9.81. The lowest BCUT2D eigenvalue weighted by Gasteiger charge is -2.19. The minimum absolute atomic E-state index is 0.241. The highest BCUT2D eigenvalue weighted by molar-refractivity contribution is 6.08. The van der Waals surface area contributed by atoms with E-state index in [-0.39, 0.29) is 41.3 Å². The van der Waals surface area contributed by atoms with E-state index in [2.05, 4.69) is 0 Å². The van der Waals surface area contributed by atoms with Crippen LogP contribution in [-0.4, -0.2) is 41.6 Å². The van der Waals surface area contributed by atoms with Crippen molar-refractivity contribution in [2.45, 2.75) is 33.1 Å². The fourth-order valence-corrected chi connectivity index (χ4v) is 4.95. The second-order valence-corrected chi connectivity index (χ2v) is 8.03. The average Bonchev–Trinajstić information content (AvgIpc) is 3.32. The Labute approximate surface area is 157 Å². The normalized spacial score (nSPS) is 28.6. The molecule has 0 radical (unpaired) electrons. The summed E-state index contributed by atoms with van der Waals surface area (Å²) in [6.45, 7) is 3.07. The first-order valence-electron chi connectivity index (χ1n) is 9.48. The molecule has 3 aliphatic rings. The number of nitrogens with zero attached hydrogens (tertiary/aromatic N) is 1. The number of benzene rings is 1. The van der Waals surface area contributed by atoms with E-state index in [4.69, 9.17) is 4.74 Å². The molecular weight excluding hydrogens is 346 g/mol. The molecule has 2 aliphatic carbocycles. The number of hydrogen-bond donors (Lipinski definition) is 0. The van der Waals surface area contributed by atoms with Crippen LogP contribution in [0.4, 0.5) is 0 Å². The van der Waals surface area contributed by atoms with Crippen molar-refractivity contribution in [2.24, 2.45) is 23.7 Å². The Bertz CT molecular complexity index is 817. The minimum Gasteiger partial charge on any atom is -0.456 e. The summed E-state index contributed by atoms with van der Waals surface area (Å²) in [5.74, 6) is -1.44. The second-order valence-electron chi connectivity index (χ2n) is 8.03. The van der Waals surface area contributed by atoms with Crippen LogP contribution in [0, 0.1) is 37.5 Å². The van der Waals surface area contributed by atoms with Crippen molar-refractivity contribution in [3.05, 3.63) is 34.9 Å². The van der Waals surface area contributed by atoms with Gasteiger partial charge in [-0.15, -0.1) is 0 Å². The predicted molar refractivity (Wildman–Crippen MR) is 95.7 cm³/mol. The molecule has 3 fully saturated rings. The molecule has 1 saturated heterocycles. The Morgan fingerprint density at radius 3 is 2.26 bits per heavy atom. The van der Waals surface area contributed by atoms with Gasteiger partial charge in [0.1, 0.15) is 6.54 Å². The zero-order valence-electron chi connectivity index (χ0n) is 15.6. The smallest absolute Gasteiger partial charge is 0.326 e. The van der Waals surface area contributed by atoms with Crippen molar-refractivity contribution in [3.63, 3.8) is 0 Å². The van der Waals surface area contributed by atoms with E-state index in [1.807, 2.05) is 19.9 Å². The second kappa shape index (κ2) is 6.59. The highest BCUT2D eigenvalue weighted by Gasteiger charge is 2.61. The molecule has 1 heterocycles. The molecule has 2 amide bonds. The number of rotatable bonds is 5. The Kier molecular flexibility index (Phi) is 4.36. The van der Waals surface area contributed by atoms with E-state index < -0.39 is 19.1 Å². The van der Waals surface area contributed by atoms with Crippen molar-refractivity contribution >= 4 is 23.6 Å². The SMILES string of the molecule is Cc1ccc(C(=O)COC(=O)CN2C(=O)[C@H]3[C@H]4CC[C@@H](C4)[C@@H]3C2=O)cc1C. The number of fused-ring (bicyclic) bond motifs is 5. The number of carbonyl (C=O) groups excluding carboxylic acids is 4. The predicted octanol–water partition coefficient (Wildman–Crippen LogP) is 2.06. The van der Waals surface area contributed by atoms with Crippen molar-refractivity contribution < 1.29 is 23.9 Å². The molecule has 6 nitrogen and oxygen atoms in total. The largest absolute Gasteiger partial charge is 0.456 e. The van der Waals surface area contributed by atoms with Gasteiger partial charge < -0.3 is 4.74 Å². The van der Waals surface area contributed by atoms with E-state index in [1.165, 1.54) is 0 Å². The highest BCUT2D eigenvalue weighted by Crippen LogP contribution is 2.56. The first-order valence-corrected chi connectivity index (χ1v) is 9.48. The maximum absolute atomic E-state index is 12.6. The number of hydrogen-bond acceptors (Lipinski definition) is 5. The molecule has 0 unspecified atom stereocenters. The summed E-state index contributed by atoms with van der Waals surface area (Å²) in [5.41, 5.74) is 2.54. The van der Waals surface area contributed by atoms with Gasteiger partial charge in [0.05, 0.1) is 11.8 Å². The van der Waals surface area contributed by atoms with Crippen LogP contribution in [0.3, 0.4) is 0 Å².